The highest BCUT2D eigenvalue weighted by Gasteiger charge is 2.20. The van der Waals surface area contributed by atoms with Gasteiger partial charge in [0.1, 0.15) is 18.5 Å². The SMILES string of the molecule is C=CCc1ccccc1OCC(O)CN(C)C1CCCCC1. The number of hydrogen-bond acceptors (Lipinski definition) is 3. The highest BCUT2D eigenvalue weighted by Crippen LogP contribution is 2.22. The smallest absolute Gasteiger partial charge is 0.122 e. The summed E-state index contributed by atoms with van der Waals surface area (Å²) in [4.78, 5) is 2.29. The molecule has 1 aromatic rings. The van der Waals surface area contributed by atoms with Gasteiger partial charge in [-0.2, -0.15) is 0 Å². The summed E-state index contributed by atoms with van der Waals surface area (Å²) in [5, 5.41) is 10.2. The molecular weight excluding hydrogens is 274 g/mol. The van der Waals surface area contributed by atoms with Crippen LogP contribution in [0.2, 0.25) is 0 Å². The van der Waals surface area contributed by atoms with Crippen LogP contribution in [0, 0.1) is 0 Å². The first-order chi connectivity index (χ1) is 10.7. The number of rotatable bonds is 8. The molecule has 0 spiro atoms. The lowest BCUT2D eigenvalue weighted by atomic mass is 9.94. The van der Waals surface area contributed by atoms with Crippen LogP contribution in [0.4, 0.5) is 0 Å². The van der Waals surface area contributed by atoms with Crippen LogP contribution < -0.4 is 4.74 Å². The maximum atomic E-state index is 10.2. The Morgan fingerprint density at radius 3 is 2.77 bits per heavy atom. The van der Waals surface area contributed by atoms with Crippen molar-refractivity contribution in [2.24, 2.45) is 0 Å². The summed E-state index contributed by atoms with van der Waals surface area (Å²) in [6.45, 7) is 4.79. The third-order valence-corrected chi connectivity index (χ3v) is 4.46. The summed E-state index contributed by atoms with van der Waals surface area (Å²) < 4.78 is 5.82. The molecule has 0 amide bonds. The summed E-state index contributed by atoms with van der Waals surface area (Å²) in [7, 11) is 2.12. The van der Waals surface area contributed by atoms with E-state index in [0.29, 0.717) is 19.2 Å². The largest absolute Gasteiger partial charge is 0.491 e. The molecule has 1 N–H and O–H groups in total. The molecule has 22 heavy (non-hydrogen) atoms. The van der Waals surface area contributed by atoms with Crippen molar-refractivity contribution in [1.82, 2.24) is 4.90 Å². The monoisotopic (exact) mass is 303 g/mol. The number of allylic oxidation sites excluding steroid dienone is 1. The normalized spacial score (nSPS) is 17.4. The van der Waals surface area contributed by atoms with Crippen LogP contribution in [0.15, 0.2) is 36.9 Å². The highest BCUT2D eigenvalue weighted by molar-refractivity contribution is 5.34. The summed E-state index contributed by atoms with van der Waals surface area (Å²) in [5.41, 5.74) is 1.12. The van der Waals surface area contributed by atoms with E-state index in [9.17, 15) is 5.11 Å². The van der Waals surface area contributed by atoms with E-state index in [4.69, 9.17) is 4.74 Å². The maximum Gasteiger partial charge on any atom is 0.122 e. The number of aliphatic hydroxyl groups excluding tert-OH is 1. The fraction of sp³-hybridized carbons (Fsp3) is 0.579. The molecule has 1 atom stereocenters. The van der Waals surface area contributed by atoms with Gasteiger partial charge in [0.25, 0.3) is 0 Å². The van der Waals surface area contributed by atoms with Crippen molar-refractivity contribution in [2.75, 3.05) is 20.2 Å². The number of aliphatic hydroxyl groups is 1. The van der Waals surface area contributed by atoms with Crippen LogP contribution in [-0.2, 0) is 6.42 Å². The molecule has 1 aliphatic carbocycles. The average Bonchev–Trinajstić information content (AvgIpc) is 2.55. The molecule has 0 aliphatic heterocycles. The lowest BCUT2D eigenvalue weighted by Gasteiger charge is -2.32. The van der Waals surface area contributed by atoms with Gasteiger partial charge in [0.15, 0.2) is 0 Å². The van der Waals surface area contributed by atoms with Gasteiger partial charge in [0.05, 0.1) is 0 Å². The van der Waals surface area contributed by atoms with Gasteiger partial charge in [-0.3, -0.25) is 0 Å². The van der Waals surface area contributed by atoms with E-state index in [-0.39, 0.29) is 0 Å². The lowest BCUT2D eigenvalue weighted by molar-refractivity contribution is 0.0559. The van der Waals surface area contributed by atoms with Gasteiger partial charge < -0.3 is 14.7 Å². The molecular formula is C19H29NO2. The van der Waals surface area contributed by atoms with Crippen LogP contribution >= 0.6 is 0 Å². The van der Waals surface area contributed by atoms with Crippen molar-refractivity contribution in [3.63, 3.8) is 0 Å². The Balaban J connectivity index is 1.79. The van der Waals surface area contributed by atoms with Crippen molar-refractivity contribution < 1.29 is 9.84 Å². The number of benzene rings is 1. The predicted molar refractivity (Wildman–Crippen MR) is 91.3 cm³/mol. The summed E-state index contributed by atoms with van der Waals surface area (Å²) in [6, 6.07) is 8.58. The van der Waals surface area contributed by atoms with Crippen molar-refractivity contribution in [1.29, 1.82) is 0 Å². The van der Waals surface area contributed by atoms with E-state index in [1.54, 1.807) is 0 Å². The molecule has 0 heterocycles. The Morgan fingerprint density at radius 2 is 2.05 bits per heavy atom. The molecule has 0 bridgehead atoms. The van der Waals surface area contributed by atoms with Gasteiger partial charge in [-0.1, -0.05) is 43.5 Å². The minimum absolute atomic E-state index is 0.339. The zero-order chi connectivity index (χ0) is 15.8. The van der Waals surface area contributed by atoms with E-state index < -0.39 is 6.10 Å². The summed E-state index contributed by atoms with van der Waals surface area (Å²) in [6.07, 6.45) is 8.70. The third kappa shape index (κ3) is 5.15. The van der Waals surface area contributed by atoms with Gasteiger partial charge >= 0.3 is 0 Å². The first-order valence-electron chi connectivity index (χ1n) is 8.40. The Bertz CT molecular complexity index is 455. The van der Waals surface area contributed by atoms with Crippen LogP contribution in [-0.4, -0.2) is 42.4 Å². The maximum absolute atomic E-state index is 10.2. The molecule has 0 aromatic heterocycles. The predicted octanol–water partition coefficient (Wildman–Crippen LogP) is 3.42. The van der Waals surface area contributed by atoms with Gasteiger partial charge in [-0.25, -0.2) is 0 Å². The standard InChI is InChI=1S/C19H29NO2/c1-3-9-16-10-7-8-13-19(16)22-15-18(21)14-20(2)17-11-5-4-6-12-17/h3,7-8,10,13,17-18,21H,1,4-6,9,11-12,14-15H2,2H3. The molecule has 1 fully saturated rings. The molecule has 2 rings (SSSR count). The first-order valence-corrected chi connectivity index (χ1v) is 8.40. The number of hydrogen-bond donors (Lipinski definition) is 1. The fourth-order valence-electron chi connectivity index (χ4n) is 3.21. The molecule has 1 saturated carbocycles. The van der Waals surface area contributed by atoms with Gasteiger partial charge in [-0.15, -0.1) is 6.58 Å². The zero-order valence-electron chi connectivity index (χ0n) is 13.7. The molecule has 0 saturated heterocycles. The molecule has 122 valence electrons. The van der Waals surface area contributed by atoms with Gasteiger partial charge in [0, 0.05) is 12.6 Å². The first kappa shape index (κ1) is 17.0. The molecule has 0 radical (unpaired) electrons. The topological polar surface area (TPSA) is 32.7 Å². The quantitative estimate of drug-likeness (QED) is 0.747. The van der Waals surface area contributed by atoms with E-state index in [2.05, 4.69) is 18.5 Å². The lowest BCUT2D eigenvalue weighted by Crippen LogP contribution is -2.40. The second-order valence-corrected chi connectivity index (χ2v) is 6.30. The molecule has 1 aromatic carbocycles. The van der Waals surface area contributed by atoms with E-state index >= 15 is 0 Å². The number of para-hydroxylation sites is 1. The average molecular weight is 303 g/mol. The van der Waals surface area contributed by atoms with Gasteiger partial charge in [-0.05, 0) is 37.9 Å². The summed E-state index contributed by atoms with van der Waals surface area (Å²) >= 11 is 0. The molecule has 3 heteroatoms. The second kappa shape index (κ2) is 8.96. The van der Waals surface area contributed by atoms with E-state index in [1.807, 2.05) is 30.3 Å². The van der Waals surface area contributed by atoms with Crippen molar-refractivity contribution in [2.45, 2.75) is 50.7 Å². The number of ether oxygens (including phenoxy) is 1. The van der Waals surface area contributed by atoms with E-state index in [1.165, 1.54) is 32.1 Å². The number of nitrogens with zero attached hydrogens (tertiary/aromatic N) is 1. The Hall–Kier alpha value is -1.32. The second-order valence-electron chi connectivity index (χ2n) is 6.30. The molecule has 3 nitrogen and oxygen atoms in total. The minimum Gasteiger partial charge on any atom is -0.491 e. The molecule has 1 unspecified atom stereocenters. The number of likely N-dealkylation sites (N-methyl/N-ethyl adjacent to an activating group) is 1. The van der Waals surface area contributed by atoms with Crippen LogP contribution in [0.5, 0.6) is 5.75 Å². The van der Waals surface area contributed by atoms with Crippen LogP contribution in [0.25, 0.3) is 0 Å². The zero-order valence-corrected chi connectivity index (χ0v) is 13.7. The highest BCUT2D eigenvalue weighted by atomic mass is 16.5. The van der Waals surface area contributed by atoms with Crippen LogP contribution in [0.1, 0.15) is 37.7 Å². The van der Waals surface area contributed by atoms with Crippen molar-refractivity contribution in [3.05, 3.63) is 42.5 Å². The fourth-order valence-corrected chi connectivity index (χ4v) is 3.21. The van der Waals surface area contributed by atoms with Crippen molar-refractivity contribution >= 4 is 0 Å². The Kier molecular flexibility index (Phi) is 6.94. The Morgan fingerprint density at radius 1 is 1.32 bits per heavy atom. The molecule has 1 aliphatic rings. The van der Waals surface area contributed by atoms with Crippen molar-refractivity contribution in [3.8, 4) is 5.75 Å². The summed E-state index contributed by atoms with van der Waals surface area (Å²) in [5.74, 6) is 0.849. The van der Waals surface area contributed by atoms with E-state index in [0.717, 1.165) is 17.7 Å². The Labute approximate surface area is 134 Å². The van der Waals surface area contributed by atoms with Gasteiger partial charge in [0.2, 0.25) is 0 Å². The van der Waals surface area contributed by atoms with Crippen LogP contribution in [0.3, 0.4) is 0 Å². The minimum atomic E-state index is -0.455. The third-order valence-electron chi connectivity index (χ3n) is 4.46.